The third kappa shape index (κ3) is 4.72. The first-order valence-corrected chi connectivity index (χ1v) is 4.14. The molecule has 0 N–H and O–H groups in total. The van der Waals surface area contributed by atoms with E-state index in [-0.39, 0.29) is 5.97 Å². The zero-order valence-electron chi connectivity index (χ0n) is 7.96. The van der Waals surface area contributed by atoms with E-state index in [0.29, 0.717) is 5.57 Å². The van der Waals surface area contributed by atoms with Crippen LogP contribution in [-0.2, 0) is 9.53 Å². The van der Waals surface area contributed by atoms with Crippen LogP contribution in [0.25, 0.3) is 0 Å². The number of hydrogen-bond acceptors (Lipinski definition) is 2. The normalized spacial score (nSPS) is 12.1. The summed E-state index contributed by atoms with van der Waals surface area (Å²) in [7, 11) is 1.38. The van der Waals surface area contributed by atoms with E-state index in [9.17, 15) is 4.79 Å². The molecule has 0 aromatic carbocycles. The quantitative estimate of drug-likeness (QED) is 0.366. The molecule has 2 nitrogen and oxygen atoms in total. The average Bonchev–Trinajstić information content (AvgIpc) is 2.10. The van der Waals surface area contributed by atoms with Crippen LogP contribution in [0.5, 0.6) is 0 Å². The highest BCUT2D eigenvalue weighted by Gasteiger charge is 1.99. The monoisotopic (exact) mass is 168 g/mol. The summed E-state index contributed by atoms with van der Waals surface area (Å²) in [4.78, 5) is 10.9. The minimum absolute atomic E-state index is 0.267. The molecule has 12 heavy (non-hydrogen) atoms. The van der Waals surface area contributed by atoms with Crippen molar-refractivity contribution in [3.63, 3.8) is 0 Å². The molecule has 0 aromatic heterocycles. The maximum absolute atomic E-state index is 10.9. The molecule has 0 atom stereocenters. The fourth-order valence-electron chi connectivity index (χ4n) is 0.704. The summed E-state index contributed by atoms with van der Waals surface area (Å²) >= 11 is 0. The Balaban J connectivity index is 3.91. The smallest absolute Gasteiger partial charge is 0.333 e. The molecule has 0 aliphatic rings. The van der Waals surface area contributed by atoms with E-state index < -0.39 is 0 Å². The Kier molecular flexibility index (Phi) is 6.07. The van der Waals surface area contributed by atoms with Crippen molar-refractivity contribution in [1.82, 2.24) is 0 Å². The highest BCUT2D eigenvalue weighted by Crippen LogP contribution is 1.97. The molecule has 0 bridgehead atoms. The Hall–Kier alpha value is -1.05. The first kappa shape index (κ1) is 11.0. The number of esters is 1. The lowest BCUT2D eigenvalue weighted by molar-refractivity contribution is -0.136. The van der Waals surface area contributed by atoms with Gasteiger partial charge in [-0.25, -0.2) is 4.79 Å². The molecule has 0 aliphatic carbocycles. The second kappa shape index (κ2) is 6.65. The van der Waals surface area contributed by atoms with Crippen LogP contribution >= 0.6 is 0 Å². The molecular formula is C10H16O2. The maximum atomic E-state index is 10.9. The van der Waals surface area contributed by atoms with E-state index >= 15 is 0 Å². The number of carbonyl (C=O) groups is 1. The minimum Gasteiger partial charge on any atom is -0.466 e. The predicted molar refractivity (Wildman–Crippen MR) is 49.8 cm³/mol. The summed E-state index contributed by atoms with van der Waals surface area (Å²) in [6.45, 7) is 3.85. The van der Waals surface area contributed by atoms with Crippen molar-refractivity contribution in [2.45, 2.75) is 26.7 Å². The Labute approximate surface area is 73.9 Å². The van der Waals surface area contributed by atoms with E-state index in [0.717, 1.165) is 12.8 Å². The van der Waals surface area contributed by atoms with E-state index in [1.807, 2.05) is 12.2 Å². The van der Waals surface area contributed by atoms with Crippen LogP contribution in [0.1, 0.15) is 26.7 Å². The fourth-order valence-corrected chi connectivity index (χ4v) is 0.704. The Bertz CT molecular complexity index is 190. The lowest BCUT2D eigenvalue weighted by atomic mass is 10.2. The van der Waals surface area contributed by atoms with Crippen LogP contribution in [0, 0.1) is 0 Å². The molecule has 0 unspecified atom stereocenters. The van der Waals surface area contributed by atoms with Crippen molar-refractivity contribution in [3.05, 3.63) is 23.8 Å². The van der Waals surface area contributed by atoms with Crippen LogP contribution < -0.4 is 0 Å². The fraction of sp³-hybridized carbons (Fsp3) is 0.500. The van der Waals surface area contributed by atoms with E-state index in [1.54, 1.807) is 13.0 Å². The zero-order chi connectivity index (χ0) is 9.40. The third-order valence-electron chi connectivity index (χ3n) is 1.45. The molecule has 68 valence electrons. The molecule has 0 amide bonds. The number of allylic oxidation sites excluding steroid dienone is 3. The van der Waals surface area contributed by atoms with Crippen molar-refractivity contribution >= 4 is 5.97 Å². The highest BCUT2D eigenvalue weighted by molar-refractivity contribution is 5.87. The molecule has 0 spiro atoms. The lowest BCUT2D eigenvalue weighted by Gasteiger charge is -1.94. The summed E-state index contributed by atoms with van der Waals surface area (Å²) < 4.78 is 4.53. The van der Waals surface area contributed by atoms with E-state index in [2.05, 4.69) is 11.7 Å². The van der Waals surface area contributed by atoms with Gasteiger partial charge in [0.05, 0.1) is 7.11 Å². The van der Waals surface area contributed by atoms with Crippen LogP contribution in [-0.4, -0.2) is 13.1 Å². The number of methoxy groups -OCH3 is 1. The SMILES string of the molecule is CCCC=CC=C(C)C(=O)OC. The van der Waals surface area contributed by atoms with E-state index in [4.69, 9.17) is 0 Å². The molecule has 0 aliphatic heterocycles. The molecular weight excluding hydrogens is 152 g/mol. The molecule has 0 aromatic rings. The standard InChI is InChI=1S/C10H16O2/c1-4-5-6-7-8-9(2)10(11)12-3/h6-8H,4-5H2,1-3H3. The summed E-state index contributed by atoms with van der Waals surface area (Å²) in [5, 5.41) is 0. The van der Waals surface area contributed by atoms with Gasteiger partial charge in [0.25, 0.3) is 0 Å². The first-order valence-electron chi connectivity index (χ1n) is 4.14. The Morgan fingerprint density at radius 1 is 1.50 bits per heavy atom. The van der Waals surface area contributed by atoms with Gasteiger partial charge in [-0.05, 0) is 13.3 Å². The predicted octanol–water partition coefficient (Wildman–Crippen LogP) is 2.46. The minimum atomic E-state index is -0.267. The topological polar surface area (TPSA) is 26.3 Å². The number of unbranched alkanes of at least 4 members (excludes halogenated alkanes) is 1. The van der Waals surface area contributed by atoms with Crippen LogP contribution in [0.15, 0.2) is 23.8 Å². The zero-order valence-corrected chi connectivity index (χ0v) is 7.96. The average molecular weight is 168 g/mol. The number of hydrogen-bond donors (Lipinski definition) is 0. The summed E-state index contributed by atoms with van der Waals surface area (Å²) in [5.74, 6) is -0.267. The van der Waals surface area contributed by atoms with Gasteiger partial charge in [0.1, 0.15) is 0 Å². The first-order chi connectivity index (χ1) is 5.72. The molecule has 0 radical (unpaired) electrons. The van der Waals surface area contributed by atoms with Crippen LogP contribution in [0.3, 0.4) is 0 Å². The van der Waals surface area contributed by atoms with E-state index in [1.165, 1.54) is 7.11 Å². The molecule has 0 fully saturated rings. The summed E-state index contributed by atoms with van der Waals surface area (Å²) in [5.41, 5.74) is 0.629. The van der Waals surface area contributed by atoms with Crippen molar-refractivity contribution in [3.8, 4) is 0 Å². The lowest BCUT2D eigenvalue weighted by Crippen LogP contribution is -2.00. The van der Waals surface area contributed by atoms with Gasteiger partial charge in [-0.3, -0.25) is 0 Å². The number of rotatable bonds is 4. The molecule has 0 rings (SSSR count). The van der Waals surface area contributed by atoms with Gasteiger partial charge in [0.2, 0.25) is 0 Å². The van der Waals surface area contributed by atoms with Crippen LogP contribution in [0.2, 0.25) is 0 Å². The number of carbonyl (C=O) groups excluding carboxylic acids is 1. The van der Waals surface area contributed by atoms with Crippen LogP contribution in [0.4, 0.5) is 0 Å². The highest BCUT2D eigenvalue weighted by atomic mass is 16.5. The van der Waals surface area contributed by atoms with Gasteiger partial charge in [-0.15, -0.1) is 0 Å². The van der Waals surface area contributed by atoms with Crippen molar-refractivity contribution < 1.29 is 9.53 Å². The molecule has 0 saturated heterocycles. The van der Waals surface area contributed by atoms with Gasteiger partial charge in [-0.1, -0.05) is 31.6 Å². The maximum Gasteiger partial charge on any atom is 0.333 e. The molecule has 0 saturated carbocycles. The second-order valence-corrected chi connectivity index (χ2v) is 2.56. The molecule has 2 heteroatoms. The summed E-state index contributed by atoms with van der Waals surface area (Å²) in [6, 6.07) is 0. The largest absolute Gasteiger partial charge is 0.466 e. The van der Waals surface area contributed by atoms with Gasteiger partial charge in [0.15, 0.2) is 0 Å². The Morgan fingerprint density at radius 3 is 2.67 bits per heavy atom. The van der Waals surface area contributed by atoms with Crippen molar-refractivity contribution in [2.24, 2.45) is 0 Å². The molecule has 0 heterocycles. The van der Waals surface area contributed by atoms with Gasteiger partial charge >= 0.3 is 5.97 Å². The Morgan fingerprint density at radius 2 is 2.17 bits per heavy atom. The third-order valence-corrected chi connectivity index (χ3v) is 1.45. The second-order valence-electron chi connectivity index (χ2n) is 2.56. The number of ether oxygens (including phenoxy) is 1. The van der Waals surface area contributed by atoms with Crippen molar-refractivity contribution in [1.29, 1.82) is 0 Å². The van der Waals surface area contributed by atoms with Gasteiger partial charge < -0.3 is 4.74 Å². The summed E-state index contributed by atoms with van der Waals surface area (Å²) in [6.07, 6.45) is 7.86. The van der Waals surface area contributed by atoms with Crippen molar-refractivity contribution in [2.75, 3.05) is 7.11 Å². The van der Waals surface area contributed by atoms with Gasteiger partial charge in [0, 0.05) is 5.57 Å². The van der Waals surface area contributed by atoms with Gasteiger partial charge in [-0.2, -0.15) is 0 Å².